The molecule has 2 aromatic rings. The molecule has 5 heteroatoms. The maximum atomic E-state index is 9.45. The van der Waals surface area contributed by atoms with Crippen LogP contribution >= 0.6 is 0 Å². The van der Waals surface area contributed by atoms with Crippen molar-refractivity contribution in [1.29, 1.82) is 0 Å². The summed E-state index contributed by atoms with van der Waals surface area (Å²) in [6.45, 7) is 0.117. The van der Waals surface area contributed by atoms with Crippen LogP contribution in [0.2, 0.25) is 0 Å². The van der Waals surface area contributed by atoms with Gasteiger partial charge in [0.25, 0.3) is 0 Å². The van der Waals surface area contributed by atoms with Crippen LogP contribution in [-0.2, 0) is 12.8 Å². The molecule has 0 bridgehead atoms. The van der Waals surface area contributed by atoms with Gasteiger partial charge in [-0.05, 0) is 55.0 Å². The molecule has 1 aliphatic rings. The van der Waals surface area contributed by atoms with Gasteiger partial charge in [-0.2, -0.15) is 0 Å². The van der Waals surface area contributed by atoms with Crippen molar-refractivity contribution in [1.82, 2.24) is 0 Å². The Morgan fingerprint density at radius 1 is 1.27 bits per heavy atom. The van der Waals surface area contributed by atoms with E-state index in [9.17, 15) is 5.11 Å². The van der Waals surface area contributed by atoms with Crippen LogP contribution < -0.4 is 15.4 Å². The fourth-order valence-corrected chi connectivity index (χ4v) is 3.42. The summed E-state index contributed by atoms with van der Waals surface area (Å²) in [5, 5.41) is 25.2. The zero-order valence-corrected chi connectivity index (χ0v) is 15.2. The summed E-state index contributed by atoms with van der Waals surface area (Å²) in [4.78, 5) is 0. The van der Waals surface area contributed by atoms with Crippen LogP contribution in [0.3, 0.4) is 0 Å². The minimum Gasteiger partial charge on any atom is -0.495 e. The number of benzene rings is 2. The summed E-state index contributed by atoms with van der Waals surface area (Å²) < 4.78 is 5.49. The summed E-state index contributed by atoms with van der Waals surface area (Å²) in [5.41, 5.74) is 4.70. The van der Waals surface area contributed by atoms with Gasteiger partial charge in [0.05, 0.1) is 25.5 Å². The molecule has 140 valence electrons. The van der Waals surface area contributed by atoms with Crippen molar-refractivity contribution in [2.24, 2.45) is 0 Å². The third-order valence-electron chi connectivity index (χ3n) is 4.90. The second kappa shape index (κ2) is 8.92. The van der Waals surface area contributed by atoms with Crippen molar-refractivity contribution >= 4 is 11.4 Å². The largest absolute Gasteiger partial charge is 0.495 e. The van der Waals surface area contributed by atoms with Crippen molar-refractivity contribution in [3.8, 4) is 5.75 Å². The minimum absolute atomic E-state index is 0.231. The van der Waals surface area contributed by atoms with Crippen LogP contribution in [0.25, 0.3) is 0 Å². The number of aliphatic hydroxyl groups excluding tert-OH is 2. The molecule has 0 aromatic heterocycles. The summed E-state index contributed by atoms with van der Waals surface area (Å²) in [6, 6.07) is 14.9. The number of hydrogen-bond acceptors (Lipinski definition) is 5. The van der Waals surface area contributed by atoms with Crippen molar-refractivity contribution in [2.75, 3.05) is 30.9 Å². The van der Waals surface area contributed by atoms with Gasteiger partial charge in [-0.1, -0.05) is 24.3 Å². The zero-order chi connectivity index (χ0) is 18.4. The Hall–Kier alpha value is -2.24. The molecular weight excluding hydrogens is 328 g/mol. The first kappa shape index (κ1) is 18.5. The second-order valence-corrected chi connectivity index (χ2v) is 6.83. The van der Waals surface area contributed by atoms with E-state index in [1.54, 1.807) is 7.11 Å². The van der Waals surface area contributed by atoms with Crippen molar-refractivity contribution in [3.63, 3.8) is 0 Å². The highest BCUT2D eigenvalue weighted by Gasteiger charge is 2.20. The average molecular weight is 356 g/mol. The first-order valence-electron chi connectivity index (χ1n) is 9.23. The minimum atomic E-state index is -0.736. The van der Waals surface area contributed by atoms with Crippen LogP contribution in [0.1, 0.15) is 24.0 Å². The van der Waals surface area contributed by atoms with Gasteiger partial charge in [-0.15, -0.1) is 0 Å². The first-order valence-corrected chi connectivity index (χ1v) is 9.23. The van der Waals surface area contributed by atoms with E-state index in [0.29, 0.717) is 12.6 Å². The number of aryl methyl sites for hydroxylation is 2. The van der Waals surface area contributed by atoms with Gasteiger partial charge in [0, 0.05) is 18.3 Å². The van der Waals surface area contributed by atoms with Gasteiger partial charge in [0.15, 0.2) is 0 Å². The van der Waals surface area contributed by atoms with Gasteiger partial charge >= 0.3 is 0 Å². The predicted octanol–water partition coefficient (Wildman–Crippen LogP) is 2.82. The number of ether oxygens (including phenoxy) is 1. The highest BCUT2D eigenvalue weighted by Crippen LogP contribution is 2.34. The molecule has 0 saturated carbocycles. The maximum absolute atomic E-state index is 9.45. The molecule has 5 nitrogen and oxygen atoms in total. The van der Waals surface area contributed by atoms with E-state index in [1.807, 2.05) is 24.3 Å². The highest BCUT2D eigenvalue weighted by atomic mass is 16.5. The molecule has 0 spiro atoms. The van der Waals surface area contributed by atoms with Gasteiger partial charge in [0.1, 0.15) is 5.75 Å². The highest BCUT2D eigenvalue weighted by molar-refractivity contribution is 5.64. The molecular formula is C21H28N2O3. The lowest BCUT2D eigenvalue weighted by molar-refractivity contribution is 0.105. The number of methoxy groups -OCH3 is 1. The molecule has 2 aromatic carbocycles. The quantitative estimate of drug-likeness (QED) is 0.585. The summed E-state index contributed by atoms with van der Waals surface area (Å²) in [7, 11) is 1.72. The molecule has 1 aliphatic heterocycles. The lowest BCUT2D eigenvalue weighted by Crippen LogP contribution is -2.26. The number of fused-ring (bicyclic) bond motifs is 1. The van der Waals surface area contributed by atoms with Crippen LogP contribution in [-0.4, -0.2) is 42.6 Å². The van der Waals surface area contributed by atoms with E-state index in [-0.39, 0.29) is 6.61 Å². The van der Waals surface area contributed by atoms with Crippen LogP contribution in [0.5, 0.6) is 5.75 Å². The maximum Gasteiger partial charge on any atom is 0.142 e. The van der Waals surface area contributed by atoms with Crippen LogP contribution in [0.15, 0.2) is 42.5 Å². The molecule has 4 N–H and O–H groups in total. The van der Waals surface area contributed by atoms with Gasteiger partial charge in [-0.25, -0.2) is 0 Å². The average Bonchev–Trinajstić information content (AvgIpc) is 2.70. The van der Waals surface area contributed by atoms with Gasteiger partial charge in [-0.3, -0.25) is 0 Å². The Morgan fingerprint density at radius 2 is 2.12 bits per heavy atom. The number of rotatable bonds is 8. The lowest BCUT2D eigenvalue weighted by Gasteiger charge is -2.28. The monoisotopic (exact) mass is 356 g/mol. The van der Waals surface area contributed by atoms with Crippen LogP contribution in [0, 0.1) is 0 Å². The smallest absolute Gasteiger partial charge is 0.142 e. The Bertz CT molecular complexity index is 706. The molecule has 0 fully saturated rings. The number of aliphatic hydroxyl groups is 2. The fraction of sp³-hybridized carbons (Fsp3) is 0.429. The molecule has 3 rings (SSSR count). The third kappa shape index (κ3) is 4.68. The van der Waals surface area contributed by atoms with E-state index in [4.69, 9.17) is 9.84 Å². The number of anilines is 2. The molecule has 0 radical (unpaired) electrons. The fourth-order valence-electron chi connectivity index (χ4n) is 3.42. The van der Waals surface area contributed by atoms with Gasteiger partial charge < -0.3 is 25.6 Å². The zero-order valence-electron chi connectivity index (χ0n) is 15.2. The summed E-state index contributed by atoms with van der Waals surface area (Å²) in [5.74, 6) is 0.917. The van der Waals surface area contributed by atoms with Crippen molar-refractivity contribution in [2.45, 2.75) is 37.8 Å². The summed E-state index contributed by atoms with van der Waals surface area (Å²) in [6.07, 6.45) is 3.51. The Labute approximate surface area is 155 Å². The standard InChI is InChI=1S/C21H28N2O3/c1-26-20-7-3-5-16-9-11-17(23-21(16)20)10-8-15-4-2-6-18(12-15)22-13-19(25)14-24/h2-7,12,17,19,22-25H,8-11,13-14H2,1H3. The Balaban J connectivity index is 1.56. The second-order valence-electron chi connectivity index (χ2n) is 6.83. The lowest BCUT2D eigenvalue weighted by atomic mass is 9.93. The van der Waals surface area contributed by atoms with E-state index in [1.165, 1.54) is 11.1 Å². The number of hydrogen-bond donors (Lipinski definition) is 4. The van der Waals surface area contributed by atoms with E-state index in [0.717, 1.165) is 42.8 Å². The topological polar surface area (TPSA) is 73.8 Å². The SMILES string of the molecule is COc1cccc2c1NC(CCc1cccc(NCC(O)CO)c1)CC2. The molecule has 0 amide bonds. The number of para-hydroxylation sites is 1. The van der Waals surface area contributed by atoms with E-state index < -0.39 is 6.10 Å². The Morgan fingerprint density at radius 3 is 2.92 bits per heavy atom. The number of nitrogens with one attached hydrogen (secondary N) is 2. The summed E-state index contributed by atoms with van der Waals surface area (Å²) >= 11 is 0. The van der Waals surface area contributed by atoms with Crippen LogP contribution in [0.4, 0.5) is 11.4 Å². The molecule has 2 unspecified atom stereocenters. The molecule has 1 heterocycles. The van der Waals surface area contributed by atoms with Crippen molar-refractivity contribution in [3.05, 3.63) is 53.6 Å². The normalized spacial score (nSPS) is 17.1. The molecule has 26 heavy (non-hydrogen) atoms. The predicted molar refractivity (Wildman–Crippen MR) is 105 cm³/mol. The molecule has 2 atom stereocenters. The first-order chi connectivity index (χ1) is 12.7. The van der Waals surface area contributed by atoms with Gasteiger partial charge in [0.2, 0.25) is 0 Å². The third-order valence-corrected chi connectivity index (χ3v) is 4.90. The Kier molecular flexibility index (Phi) is 6.36. The molecule has 0 aliphatic carbocycles. The van der Waals surface area contributed by atoms with E-state index in [2.05, 4.69) is 28.8 Å². The molecule has 0 saturated heterocycles. The van der Waals surface area contributed by atoms with Crippen molar-refractivity contribution < 1.29 is 14.9 Å². The van der Waals surface area contributed by atoms with E-state index >= 15 is 0 Å².